The molecule has 0 aliphatic heterocycles. The van der Waals surface area contributed by atoms with Crippen LogP contribution in [-0.4, -0.2) is 44.8 Å². The molecule has 29 heavy (non-hydrogen) atoms. The van der Waals surface area contributed by atoms with Crippen LogP contribution >= 0.6 is 0 Å². The molecule has 1 fully saturated rings. The number of ether oxygens (including phenoxy) is 3. The number of hydrogen-bond acceptors (Lipinski definition) is 7. The third kappa shape index (κ3) is 2.02. The number of benzene rings is 2. The summed E-state index contributed by atoms with van der Waals surface area (Å²) in [6.07, 6.45) is 0. The van der Waals surface area contributed by atoms with Gasteiger partial charge in [0.05, 0.1) is 21.3 Å². The second-order valence-electron chi connectivity index (χ2n) is 7.01. The van der Waals surface area contributed by atoms with E-state index >= 15 is 0 Å². The standard InChI is InChI=1S/C22H18O7/c1-27-13-10-8-12(9-11-13)16-21(22(16,19(25)28-2)20(26)29-3)17(23)14-6-4-5-7-15(14)18(21)24/h4-11,16H,1-3H3/t16-/m0/s1. The zero-order chi connectivity index (χ0) is 21.0. The Bertz CT molecular complexity index is 1000. The van der Waals surface area contributed by atoms with E-state index in [-0.39, 0.29) is 11.1 Å². The molecule has 0 amide bonds. The summed E-state index contributed by atoms with van der Waals surface area (Å²) in [6, 6.07) is 12.8. The number of Topliss-reactive ketones (excluding diaryl/α,β-unsaturated/α-hetero) is 2. The van der Waals surface area contributed by atoms with Gasteiger partial charge in [-0.25, -0.2) is 0 Å². The van der Waals surface area contributed by atoms with Gasteiger partial charge in [0, 0.05) is 17.0 Å². The van der Waals surface area contributed by atoms with E-state index in [0.717, 1.165) is 14.2 Å². The Labute approximate surface area is 166 Å². The molecule has 0 bridgehead atoms. The molecular formula is C22H18O7. The molecule has 2 aliphatic carbocycles. The van der Waals surface area contributed by atoms with Gasteiger partial charge in [-0.2, -0.15) is 0 Å². The normalized spacial score (nSPS) is 20.2. The molecule has 1 saturated carbocycles. The SMILES string of the molecule is COC(=O)C1(C(=O)OC)[C@@H](c2ccc(OC)cc2)C12C(=O)c1ccccc1C2=O. The molecule has 2 aliphatic rings. The summed E-state index contributed by atoms with van der Waals surface area (Å²) in [6.45, 7) is 0. The summed E-state index contributed by atoms with van der Waals surface area (Å²) < 4.78 is 15.0. The zero-order valence-corrected chi connectivity index (χ0v) is 16.1. The third-order valence-electron chi connectivity index (χ3n) is 6.00. The second-order valence-corrected chi connectivity index (χ2v) is 7.01. The van der Waals surface area contributed by atoms with Crippen LogP contribution in [0.4, 0.5) is 0 Å². The van der Waals surface area contributed by atoms with E-state index in [1.165, 1.54) is 19.2 Å². The largest absolute Gasteiger partial charge is 0.497 e. The predicted molar refractivity (Wildman–Crippen MR) is 99.7 cm³/mol. The lowest BCUT2D eigenvalue weighted by molar-refractivity contribution is -0.162. The van der Waals surface area contributed by atoms with Gasteiger partial charge in [0.1, 0.15) is 11.2 Å². The molecule has 148 valence electrons. The van der Waals surface area contributed by atoms with E-state index in [2.05, 4.69) is 0 Å². The van der Waals surface area contributed by atoms with Crippen molar-refractivity contribution in [1.29, 1.82) is 0 Å². The van der Waals surface area contributed by atoms with E-state index in [1.54, 1.807) is 36.4 Å². The first-order valence-electron chi connectivity index (χ1n) is 8.92. The van der Waals surface area contributed by atoms with E-state index < -0.39 is 40.3 Å². The van der Waals surface area contributed by atoms with Gasteiger partial charge in [-0.1, -0.05) is 36.4 Å². The van der Waals surface area contributed by atoms with Crippen LogP contribution in [0.3, 0.4) is 0 Å². The number of hydrogen-bond donors (Lipinski definition) is 0. The first-order chi connectivity index (χ1) is 13.9. The minimum atomic E-state index is -2.09. The van der Waals surface area contributed by atoms with Gasteiger partial charge in [0.15, 0.2) is 17.0 Å². The number of ketones is 2. The average molecular weight is 394 g/mol. The van der Waals surface area contributed by atoms with Crippen molar-refractivity contribution < 1.29 is 33.4 Å². The van der Waals surface area contributed by atoms with Crippen molar-refractivity contribution in [2.75, 3.05) is 21.3 Å². The van der Waals surface area contributed by atoms with Crippen LogP contribution in [0.15, 0.2) is 48.5 Å². The minimum absolute atomic E-state index is 0.186. The summed E-state index contributed by atoms with van der Waals surface area (Å²) in [5.74, 6) is -3.59. The van der Waals surface area contributed by atoms with Crippen molar-refractivity contribution in [3.63, 3.8) is 0 Å². The summed E-state index contributed by atoms with van der Waals surface area (Å²) in [5.41, 5.74) is -3.17. The number of carbonyl (C=O) groups is 4. The highest BCUT2D eigenvalue weighted by molar-refractivity contribution is 6.39. The first kappa shape index (κ1) is 18.9. The number of carbonyl (C=O) groups excluding carboxylic acids is 4. The monoisotopic (exact) mass is 394 g/mol. The Kier molecular flexibility index (Phi) is 4.08. The summed E-state index contributed by atoms with van der Waals surface area (Å²) >= 11 is 0. The van der Waals surface area contributed by atoms with Crippen LogP contribution in [-0.2, 0) is 19.1 Å². The van der Waals surface area contributed by atoms with Gasteiger partial charge < -0.3 is 14.2 Å². The number of esters is 2. The van der Waals surface area contributed by atoms with Crippen molar-refractivity contribution in [1.82, 2.24) is 0 Å². The fourth-order valence-electron chi connectivity index (χ4n) is 4.76. The lowest BCUT2D eigenvalue weighted by atomic mass is 9.87. The summed E-state index contributed by atoms with van der Waals surface area (Å²) in [5, 5.41) is 0. The molecule has 1 spiro atoms. The molecule has 0 unspecified atom stereocenters. The van der Waals surface area contributed by atoms with Crippen LogP contribution in [0.2, 0.25) is 0 Å². The third-order valence-corrected chi connectivity index (χ3v) is 6.00. The van der Waals surface area contributed by atoms with E-state index in [0.29, 0.717) is 11.3 Å². The Morgan fingerprint density at radius 1 is 0.793 bits per heavy atom. The zero-order valence-electron chi connectivity index (χ0n) is 16.1. The molecule has 1 atom stereocenters. The number of rotatable bonds is 4. The predicted octanol–water partition coefficient (Wildman–Crippen LogP) is 2.19. The van der Waals surface area contributed by atoms with Crippen molar-refractivity contribution in [2.24, 2.45) is 10.8 Å². The molecule has 7 heteroatoms. The van der Waals surface area contributed by atoms with Gasteiger partial charge in [-0.05, 0) is 17.7 Å². The van der Waals surface area contributed by atoms with Crippen molar-refractivity contribution in [3.05, 3.63) is 65.2 Å². The fourth-order valence-corrected chi connectivity index (χ4v) is 4.76. The highest BCUT2D eigenvalue weighted by Gasteiger charge is 2.94. The lowest BCUT2D eigenvalue weighted by Gasteiger charge is -2.15. The molecule has 0 saturated heterocycles. The Balaban J connectivity index is 1.99. The molecule has 2 aromatic carbocycles. The van der Waals surface area contributed by atoms with Crippen LogP contribution in [0.1, 0.15) is 32.2 Å². The van der Waals surface area contributed by atoms with E-state index in [9.17, 15) is 19.2 Å². The first-order valence-corrected chi connectivity index (χ1v) is 8.92. The van der Waals surface area contributed by atoms with Crippen LogP contribution < -0.4 is 4.74 Å². The highest BCUT2D eigenvalue weighted by Crippen LogP contribution is 2.79. The van der Waals surface area contributed by atoms with Crippen LogP contribution in [0, 0.1) is 10.8 Å². The molecule has 0 aromatic heterocycles. The number of methoxy groups -OCH3 is 3. The van der Waals surface area contributed by atoms with Gasteiger partial charge in [-0.15, -0.1) is 0 Å². The Hall–Kier alpha value is -3.48. The smallest absolute Gasteiger partial charge is 0.325 e. The van der Waals surface area contributed by atoms with Crippen molar-refractivity contribution >= 4 is 23.5 Å². The maximum Gasteiger partial charge on any atom is 0.325 e. The molecule has 0 heterocycles. The van der Waals surface area contributed by atoms with E-state index in [1.807, 2.05) is 0 Å². The van der Waals surface area contributed by atoms with Crippen molar-refractivity contribution in [3.8, 4) is 5.75 Å². The minimum Gasteiger partial charge on any atom is -0.497 e. The summed E-state index contributed by atoms with van der Waals surface area (Å²) in [4.78, 5) is 52.9. The van der Waals surface area contributed by atoms with Crippen LogP contribution in [0.25, 0.3) is 0 Å². The van der Waals surface area contributed by atoms with Gasteiger partial charge in [-0.3, -0.25) is 19.2 Å². The maximum absolute atomic E-state index is 13.5. The Morgan fingerprint density at radius 2 is 1.28 bits per heavy atom. The fraction of sp³-hybridized carbons (Fsp3) is 0.273. The average Bonchev–Trinajstić information content (AvgIpc) is 3.36. The maximum atomic E-state index is 13.5. The van der Waals surface area contributed by atoms with E-state index in [4.69, 9.17) is 14.2 Å². The second kappa shape index (κ2) is 6.27. The van der Waals surface area contributed by atoms with Gasteiger partial charge in [0.25, 0.3) is 0 Å². The quantitative estimate of drug-likeness (QED) is 0.579. The topological polar surface area (TPSA) is 96.0 Å². The lowest BCUT2D eigenvalue weighted by Crippen LogP contribution is -2.39. The number of fused-ring (bicyclic) bond motifs is 1. The Morgan fingerprint density at radius 3 is 1.69 bits per heavy atom. The highest BCUT2D eigenvalue weighted by atomic mass is 16.5. The van der Waals surface area contributed by atoms with Crippen LogP contribution in [0.5, 0.6) is 5.75 Å². The molecule has 0 radical (unpaired) electrons. The van der Waals surface area contributed by atoms with Gasteiger partial charge >= 0.3 is 11.9 Å². The van der Waals surface area contributed by atoms with Crippen molar-refractivity contribution in [2.45, 2.75) is 5.92 Å². The molecule has 7 nitrogen and oxygen atoms in total. The molecule has 2 aromatic rings. The molecular weight excluding hydrogens is 376 g/mol. The molecule has 4 rings (SSSR count). The van der Waals surface area contributed by atoms with Gasteiger partial charge in [0.2, 0.25) is 0 Å². The molecule has 0 N–H and O–H groups in total. The summed E-state index contributed by atoms with van der Waals surface area (Å²) in [7, 11) is 3.73.